The molecule has 2 N–H and O–H groups in total. The minimum absolute atomic E-state index is 0.0543. The third-order valence-electron chi connectivity index (χ3n) is 3.50. The molecular formula is C18H22N2O3. The van der Waals surface area contributed by atoms with Crippen LogP contribution in [0, 0.1) is 12.8 Å². The normalized spacial score (nSPS) is 12.0. The molecule has 2 aromatic rings. The van der Waals surface area contributed by atoms with E-state index < -0.39 is 6.10 Å². The van der Waals surface area contributed by atoms with Crippen molar-refractivity contribution in [3.05, 3.63) is 48.3 Å². The van der Waals surface area contributed by atoms with Crippen molar-refractivity contribution in [1.29, 1.82) is 0 Å². The van der Waals surface area contributed by atoms with E-state index in [0.29, 0.717) is 11.4 Å². The Hall–Kier alpha value is -2.40. The summed E-state index contributed by atoms with van der Waals surface area (Å²) >= 11 is 0. The van der Waals surface area contributed by atoms with Gasteiger partial charge in [-0.2, -0.15) is 0 Å². The summed E-state index contributed by atoms with van der Waals surface area (Å²) < 4.78 is 5.77. The van der Waals surface area contributed by atoms with Crippen molar-refractivity contribution in [2.45, 2.75) is 33.3 Å². The number of hydrogen-bond donors (Lipinski definition) is 2. The second-order valence-corrected chi connectivity index (χ2v) is 5.83. The van der Waals surface area contributed by atoms with Crippen molar-refractivity contribution < 1.29 is 14.6 Å². The molecule has 1 aromatic heterocycles. The van der Waals surface area contributed by atoms with Crippen LogP contribution in [0.4, 0.5) is 5.69 Å². The van der Waals surface area contributed by atoms with Crippen LogP contribution >= 0.6 is 0 Å². The number of carbonyl (C=O) groups excluding carboxylic acids is 1. The number of ether oxygens (including phenoxy) is 1. The van der Waals surface area contributed by atoms with Gasteiger partial charge in [0.05, 0.1) is 12.5 Å². The molecule has 2 rings (SSSR count). The molecule has 1 aromatic carbocycles. The molecule has 122 valence electrons. The summed E-state index contributed by atoms with van der Waals surface area (Å²) in [6, 6.07) is 8.99. The molecule has 0 bridgehead atoms. The molecule has 0 aliphatic rings. The van der Waals surface area contributed by atoms with E-state index in [1.54, 1.807) is 30.6 Å². The lowest BCUT2D eigenvalue weighted by Gasteiger charge is -2.15. The van der Waals surface area contributed by atoms with Crippen LogP contribution in [-0.4, -0.2) is 22.1 Å². The number of anilines is 1. The number of rotatable bonds is 6. The van der Waals surface area contributed by atoms with Crippen LogP contribution in [0.1, 0.15) is 25.8 Å². The minimum Gasteiger partial charge on any atom is -0.457 e. The number of amides is 1. The van der Waals surface area contributed by atoms with E-state index >= 15 is 0 Å². The minimum atomic E-state index is -0.634. The molecule has 0 saturated heterocycles. The number of hydrogen-bond acceptors (Lipinski definition) is 4. The third kappa shape index (κ3) is 5.07. The van der Waals surface area contributed by atoms with Gasteiger partial charge in [0.25, 0.3) is 0 Å². The SMILES string of the molecule is Cc1cc(NC(=O)C[C@H](O)C(C)C)ccc1Oc1ccncc1. The van der Waals surface area contributed by atoms with Gasteiger partial charge in [0.1, 0.15) is 11.5 Å². The van der Waals surface area contributed by atoms with Gasteiger partial charge < -0.3 is 15.2 Å². The standard InChI is InChI=1S/C18H22N2O3/c1-12(2)16(21)11-18(22)20-14-4-5-17(13(3)10-14)23-15-6-8-19-9-7-15/h4-10,12,16,21H,11H2,1-3H3,(H,20,22)/t16-/m0/s1. The summed E-state index contributed by atoms with van der Waals surface area (Å²) in [5.41, 5.74) is 1.59. The van der Waals surface area contributed by atoms with Crippen LogP contribution in [0.15, 0.2) is 42.7 Å². The number of nitrogens with one attached hydrogen (secondary N) is 1. The van der Waals surface area contributed by atoms with Gasteiger partial charge in [0, 0.05) is 18.1 Å². The molecule has 1 heterocycles. The molecule has 1 atom stereocenters. The number of aromatic nitrogens is 1. The van der Waals surface area contributed by atoms with Gasteiger partial charge in [0.2, 0.25) is 5.91 Å². The van der Waals surface area contributed by atoms with Crippen molar-refractivity contribution in [2.24, 2.45) is 5.92 Å². The van der Waals surface area contributed by atoms with Crippen molar-refractivity contribution in [3.63, 3.8) is 0 Å². The largest absolute Gasteiger partial charge is 0.457 e. The monoisotopic (exact) mass is 314 g/mol. The topological polar surface area (TPSA) is 71.5 Å². The lowest BCUT2D eigenvalue weighted by atomic mass is 10.0. The number of benzene rings is 1. The van der Waals surface area contributed by atoms with Crippen molar-refractivity contribution in [2.75, 3.05) is 5.32 Å². The maximum absolute atomic E-state index is 11.9. The Labute approximate surface area is 136 Å². The summed E-state index contributed by atoms with van der Waals surface area (Å²) in [6.45, 7) is 5.68. The van der Waals surface area contributed by atoms with E-state index in [1.807, 2.05) is 32.9 Å². The fraction of sp³-hybridized carbons (Fsp3) is 0.333. The van der Waals surface area contributed by atoms with E-state index in [0.717, 1.165) is 11.3 Å². The Morgan fingerprint density at radius 2 is 1.96 bits per heavy atom. The first-order chi connectivity index (χ1) is 11.0. The van der Waals surface area contributed by atoms with Crippen molar-refractivity contribution in [3.8, 4) is 11.5 Å². The molecular weight excluding hydrogens is 292 g/mol. The summed E-state index contributed by atoms with van der Waals surface area (Å²) in [5.74, 6) is 1.28. The van der Waals surface area contributed by atoms with Crippen LogP contribution in [0.2, 0.25) is 0 Å². The zero-order valence-corrected chi connectivity index (χ0v) is 13.6. The number of aryl methyl sites for hydroxylation is 1. The lowest BCUT2D eigenvalue weighted by molar-refractivity contribution is -0.118. The zero-order valence-electron chi connectivity index (χ0n) is 13.6. The van der Waals surface area contributed by atoms with E-state index in [1.165, 1.54) is 0 Å². The number of aliphatic hydroxyl groups excluding tert-OH is 1. The van der Waals surface area contributed by atoms with Gasteiger partial charge in [-0.15, -0.1) is 0 Å². The molecule has 0 radical (unpaired) electrons. The number of carbonyl (C=O) groups is 1. The molecule has 0 aliphatic carbocycles. The molecule has 0 spiro atoms. The molecule has 0 unspecified atom stereocenters. The number of aliphatic hydroxyl groups is 1. The van der Waals surface area contributed by atoms with Gasteiger partial charge >= 0.3 is 0 Å². The first-order valence-electron chi connectivity index (χ1n) is 7.62. The highest BCUT2D eigenvalue weighted by atomic mass is 16.5. The fourth-order valence-corrected chi connectivity index (χ4v) is 2.01. The van der Waals surface area contributed by atoms with Gasteiger partial charge in [-0.1, -0.05) is 13.8 Å². The summed E-state index contributed by atoms with van der Waals surface area (Å²) in [5, 5.41) is 12.5. The second kappa shape index (κ2) is 7.74. The molecule has 0 aliphatic heterocycles. The Morgan fingerprint density at radius 1 is 1.26 bits per heavy atom. The molecule has 0 saturated carbocycles. The highest BCUT2D eigenvalue weighted by Crippen LogP contribution is 2.27. The molecule has 1 amide bonds. The maximum atomic E-state index is 11.9. The van der Waals surface area contributed by atoms with Crippen LogP contribution < -0.4 is 10.1 Å². The Morgan fingerprint density at radius 3 is 2.57 bits per heavy atom. The fourth-order valence-electron chi connectivity index (χ4n) is 2.01. The van der Waals surface area contributed by atoms with Crippen molar-refractivity contribution in [1.82, 2.24) is 4.98 Å². The molecule has 5 heteroatoms. The highest BCUT2D eigenvalue weighted by Gasteiger charge is 2.14. The predicted octanol–water partition coefficient (Wildman–Crippen LogP) is 3.53. The van der Waals surface area contributed by atoms with E-state index in [-0.39, 0.29) is 18.2 Å². The van der Waals surface area contributed by atoms with Gasteiger partial charge in [0.15, 0.2) is 0 Å². The average molecular weight is 314 g/mol. The highest BCUT2D eigenvalue weighted by molar-refractivity contribution is 5.91. The van der Waals surface area contributed by atoms with E-state index in [2.05, 4.69) is 10.3 Å². The zero-order chi connectivity index (χ0) is 16.8. The second-order valence-electron chi connectivity index (χ2n) is 5.83. The molecule has 5 nitrogen and oxygen atoms in total. The maximum Gasteiger partial charge on any atom is 0.226 e. The lowest BCUT2D eigenvalue weighted by Crippen LogP contribution is -2.23. The number of nitrogens with zero attached hydrogens (tertiary/aromatic N) is 1. The van der Waals surface area contributed by atoms with Crippen LogP contribution in [-0.2, 0) is 4.79 Å². The third-order valence-corrected chi connectivity index (χ3v) is 3.50. The first-order valence-corrected chi connectivity index (χ1v) is 7.62. The predicted molar refractivity (Wildman–Crippen MR) is 89.6 cm³/mol. The summed E-state index contributed by atoms with van der Waals surface area (Å²) in [4.78, 5) is 15.8. The Bertz CT molecular complexity index is 657. The first kappa shape index (κ1) is 17.0. The summed E-state index contributed by atoms with van der Waals surface area (Å²) in [6.07, 6.45) is 2.79. The van der Waals surface area contributed by atoms with E-state index in [9.17, 15) is 9.90 Å². The van der Waals surface area contributed by atoms with Gasteiger partial charge in [-0.05, 0) is 48.7 Å². The van der Waals surface area contributed by atoms with E-state index in [4.69, 9.17) is 4.74 Å². The molecule has 0 fully saturated rings. The average Bonchev–Trinajstić information content (AvgIpc) is 2.51. The van der Waals surface area contributed by atoms with Crippen molar-refractivity contribution >= 4 is 11.6 Å². The Kier molecular flexibility index (Phi) is 5.71. The van der Waals surface area contributed by atoms with Crippen LogP contribution in [0.25, 0.3) is 0 Å². The van der Waals surface area contributed by atoms with Crippen LogP contribution in [0.5, 0.6) is 11.5 Å². The quantitative estimate of drug-likeness (QED) is 0.855. The smallest absolute Gasteiger partial charge is 0.226 e. The van der Waals surface area contributed by atoms with Gasteiger partial charge in [-0.25, -0.2) is 0 Å². The summed E-state index contributed by atoms with van der Waals surface area (Å²) in [7, 11) is 0. The molecule has 23 heavy (non-hydrogen) atoms. The van der Waals surface area contributed by atoms with Crippen LogP contribution in [0.3, 0.4) is 0 Å². The Balaban J connectivity index is 2.00. The van der Waals surface area contributed by atoms with Gasteiger partial charge in [-0.3, -0.25) is 9.78 Å². The number of pyridine rings is 1.